The number of anilines is 2. The van der Waals surface area contributed by atoms with Gasteiger partial charge in [-0.3, -0.25) is 9.97 Å². The van der Waals surface area contributed by atoms with Crippen LogP contribution in [-0.4, -0.2) is 29.7 Å². The van der Waals surface area contributed by atoms with Gasteiger partial charge in [-0.15, -0.1) is 0 Å². The lowest BCUT2D eigenvalue weighted by Gasteiger charge is -2.30. The summed E-state index contributed by atoms with van der Waals surface area (Å²) in [6.45, 7) is 15.1. The molecule has 9 heteroatoms. The van der Waals surface area contributed by atoms with Gasteiger partial charge in [-0.1, -0.05) is 58.6 Å². The summed E-state index contributed by atoms with van der Waals surface area (Å²) in [6.07, 6.45) is 4.85. The van der Waals surface area contributed by atoms with Gasteiger partial charge in [-0.05, 0) is 114 Å². The molecule has 0 bridgehead atoms. The van der Waals surface area contributed by atoms with Crippen LogP contribution >= 0.6 is 55.1 Å². The van der Waals surface area contributed by atoms with Crippen LogP contribution in [0.5, 0.6) is 0 Å². The van der Waals surface area contributed by atoms with E-state index >= 15 is 0 Å². The van der Waals surface area contributed by atoms with Gasteiger partial charge in [0.2, 0.25) is 0 Å². The zero-order chi connectivity index (χ0) is 31.0. The minimum atomic E-state index is -0.606. The Morgan fingerprint density at radius 3 is 1.88 bits per heavy atom. The lowest BCUT2D eigenvalue weighted by Crippen LogP contribution is -2.26. The number of ether oxygens (including phenoxy) is 1. The average molecular weight is 745 g/mol. The van der Waals surface area contributed by atoms with E-state index in [1.165, 1.54) is 44.8 Å². The Balaban J connectivity index is 1.59. The molecule has 1 fully saturated rings. The Morgan fingerprint density at radius 1 is 0.837 bits per heavy atom. The molecule has 0 saturated carbocycles. The zero-order valence-corrected chi connectivity index (χ0v) is 29.8. The molecule has 0 amide bonds. The van der Waals surface area contributed by atoms with Crippen molar-refractivity contribution in [2.45, 2.75) is 47.6 Å². The molecule has 224 valence electrons. The molecule has 0 spiro atoms. The first-order valence-electron chi connectivity index (χ1n) is 14.1. The van der Waals surface area contributed by atoms with Crippen molar-refractivity contribution in [1.29, 1.82) is 0 Å². The molecular weight excluding hydrogens is 711 g/mol. The van der Waals surface area contributed by atoms with Crippen LogP contribution in [0.25, 0.3) is 0 Å². The van der Waals surface area contributed by atoms with Crippen molar-refractivity contribution in [3.05, 3.63) is 124 Å². The fourth-order valence-corrected chi connectivity index (χ4v) is 7.57. The van der Waals surface area contributed by atoms with Gasteiger partial charge in [0.15, 0.2) is 0 Å². The second kappa shape index (κ2) is 13.3. The molecular formula is C34H34Br2Cl2N4O. The molecule has 43 heavy (non-hydrogen) atoms. The number of nitrogens with zero attached hydrogens (tertiary/aromatic N) is 4. The number of hydrogen-bond acceptors (Lipinski definition) is 5. The number of pyridine rings is 2. The number of benzene rings is 2. The SMILES string of the molecule is Cc1cc(C)c(N2CCN(c3c(C)cc(C)cc3C)C2=CCOC(c2ncccc2Br)c2ncc(Cl)c(Cl)c2Br)c(C)c1. The molecule has 1 aliphatic heterocycles. The van der Waals surface area contributed by atoms with Crippen LogP contribution in [0, 0.1) is 41.5 Å². The molecule has 1 atom stereocenters. The van der Waals surface area contributed by atoms with Crippen LogP contribution < -0.4 is 9.80 Å². The van der Waals surface area contributed by atoms with E-state index in [0.29, 0.717) is 32.5 Å². The van der Waals surface area contributed by atoms with Crippen LogP contribution in [0.4, 0.5) is 11.4 Å². The fraction of sp³-hybridized carbons (Fsp3) is 0.294. The van der Waals surface area contributed by atoms with Crippen molar-refractivity contribution < 1.29 is 4.74 Å². The summed E-state index contributed by atoms with van der Waals surface area (Å²) in [7, 11) is 0. The molecule has 2 aromatic heterocycles. The third-order valence-electron chi connectivity index (χ3n) is 7.67. The third-order valence-corrected chi connectivity index (χ3v) is 10.1. The minimum Gasteiger partial charge on any atom is -0.361 e. The Morgan fingerprint density at radius 2 is 1.37 bits per heavy atom. The first-order valence-corrected chi connectivity index (χ1v) is 16.4. The summed E-state index contributed by atoms with van der Waals surface area (Å²) >= 11 is 20.0. The van der Waals surface area contributed by atoms with Crippen LogP contribution in [0.2, 0.25) is 10.0 Å². The lowest BCUT2D eigenvalue weighted by molar-refractivity contribution is 0.0964. The Labute approximate surface area is 281 Å². The van der Waals surface area contributed by atoms with Crippen molar-refractivity contribution in [2.24, 2.45) is 0 Å². The highest BCUT2D eigenvalue weighted by molar-refractivity contribution is 9.11. The topological polar surface area (TPSA) is 41.5 Å². The van der Waals surface area contributed by atoms with Crippen molar-refractivity contribution in [1.82, 2.24) is 9.97 Å². The van der Waals surface area contributed by atoms with Crippen LogP contribution in [0.1, 0.15) is 50.9 Å². The van der Waals surface area contributed by atoms with E-state index in [1.54, 1.807) is 12.4 Å². The largest absolute Gasteiger partial charge is 0.361 e. The fourth-order valence-electron chi connectivity index (χ4n) is 6.18. The van der Waals surface area contributed by atoms with Crippen molar-refractivity contribution in [2.75, 3.05) is 29.5 Å². The van der Waals surface area contributed by atoms with Gasteiger partial charge < -0.3 is 14.5 Å². The summed E-state index contributed by atoms with van der Waals surface area (Å²) in [5, 5.41) is 0.748. The highest BCUT2D eigenvalue weighted by Crippen LogP contribution is 2.40. The number of hydrogen-bond donors (Lipinski definition) is 0. The summed E-state index contributed by atoms with van der Waals surface area (Å²) in [4.78, 5) is 14.1. The molecule has 0 radical (unpaired) electrons. The summed E-state index contributed by atoms with van der Waals surface area (Å²) in [6, 6.07) is 12.8. The van der Waals surface area contributed by atoms with E-state index < -0.39 is 6.10 Å². The maximum atomic E-state index is 6.64. The summed E-state index contributed by atoms with van der Waals surface area (Å²) < 4.78 is 8.04. The smallest absolute Gasteiger partial charge is 0.144 e. The predicted molar refractivity (Wildman–Crippen MR) is 186 cm³/mol. The van der Waals surface area contributed by atoms with Gasteiger partial charge >= 0.3 is 0 Å². The van der Waals surface area contributed by atoms with Crippen LogP contribution in [0.3, 0.4) is 0 Å². The highest BCUT2D eigenvalue weighted by atomic mass is 79.9. The Bertz CT molecular complexity index is 1610. The van der Waals surface area contributed by atoms with Gasteiger partial charge in [-0.25, -0.2) is 0 Å². The zero-order valence-electron chi connectivity index (χ0n) is 25.1. The normalized spacial score (nSPS) is 14.0. The first-order chi connectivity index (χ1) is 20.5. The number of aromatic nitrogens is 2. The monoisotopic (exact) mass is 742 g/mol. The van der Waals surface area contributed by atoms with Crippen molar-refractivity contribution >= 4 is 66.4 Å². The number of halogens is 4. The van der Waals surface area contributed by atoms with E-state index in [4.69, 9.17) is 27.9 Å². The summed E-state index contributed by atoms with van der Waals surface area (Å²) in [5.41, 5.74) is 11.3. The number of rotatable bonds is 7. The summed E-state index contributed by atoms with van der Waals surface area (Å²) in [5.74, 6) is 1.09. The molecule has 0 aliphatic carbocycles. The molecule has 5 nitrogen and oxygen atoms in total. The van der Waals surface area contributed by atoms with Crippen LogP contribution in [0.15, 0.2) is 69.6 Å². The van der Waals surface area contributed by atoms with E-state index in [9.17, 15) is 0 Å². The van der Waals surface area contributed by atoms with E-state index in [2.05, 4.69) is 124 Å². The third kappa shape index (κ3) is 6.52. The molecule has 2 aromatic carbocycles. The van der Waals surface area contributed by atoms with Gasteiger partial charge in [0.25, 0.3) is 0 Å². The first kappa shape index (κ1) is 32.0. The average Bonchev–Trinajstić information content (AvgIpc) is 3.32. The lowest BCUT2D eigenvalue weighted by atomic mass is 10.0. The maximum absolute atomic E-state index is 6.64. The van der Waals surface area contributed by atoms with Gasteiger partial charge in [-0.2, -0.15) is 0 Å². The number of aryl methyl sites for hydroxylation is 6. The van der Waals surface area contributed by atoms with Gasteiger partial charge in [0.05, 0.1) is 32.5 Å². The van der Waals surface area contributed by atoms with Gasteiger partial charge in [0.1, 0.15) is 11.9 Å². The van der Waals surface area contributed by atoms with E-state index in [-0.39, 0.29) is 0 Å². The predicted octanol–water partition coefficient (Wildman–Crippen LogP) is 10.1. The molecule has 1 saturated heterocycles. The van der Waals surface area contributed by atoms with E-state index in [1.807, 2.05) is 12.1 Å². The molecule has 3 heterocycles. The quantitative estimate of drug-likeness (QED) is 0.189. The standard InChI is InChI=1S/C34H34Br2Cl2N4O/c1-19-14-21(3)32(22(4)15-19)41-11-12-42(33-23(5)16-20(2)17-24(33)6)27(41)9-13-43-34(30-25(35)8-7-10-39-30)31-28(36)29(38)26(37)18-40-31/h7-10,14-18,34H,11-13H2,1-6H3. The Kier molecular flexibility index (Phi) is 9.89. The minimum absolute atomic E-state index is 0.304. The van der Waals surface area contributed by atoms with Crippen molar-refractivity contribution in [3.8, 4) is 0 Å². The molecule has 5 rings (SSSR count). The second-order valence-electron chi connectivity index (χ2n) is 11.1. The van der Waals surface area contributed by atoms with Gasteiger partial charge in [0, 0.05) is 41.3 Å². The molecule has 1 aliphatic rings. The van der Waals surface area contributed by atoms with Crippen molar-refractivity contribution in [3.63, 3.8) is 0 Å². The highest BCUT2D eigenvalue weighted by Gasteiger charge is 2.31. The molecule has 4 aromatic rings. The Hall–Kier alpha value is -2.42. The molecule has 1 unspecified atom stereocenters. The van der Waals surface area contributed by atoms with E-state index in [0.717, 1.165) is 23.4 Å². The molecule has 0 N–H and O–H groups in total. The maximum Gasteiger partial charge on any atom is 0.144 e. The van der Waals surface area contributed by atoms with Crippen LogP contribution in [-0.2, 0) is 4.74 Å². The second-order valence-corrected chi connectivity index (χ2v) is 13.5.